The van der Waals surface area contributed by atoms with E-state index in [-0.39, 0.29) is 0 Å². The molecule has 0 spiro atoms. The van der Waals surface area contributed by atoms with Gasteiger partial charge in [-0.1, -0.05) is 6.07 Å². The molecule has 4 heteroatoms. The smallest absolute Gasteiger partial charge is 0.111 e. The zero-order chi connectivity index (χ0) is 13.5. The third-order valence-electron chi connectivity index (χ3n) is 2.94. The van der Waals surface area contributed by atoms with Crippen molar-refractivity contribution >= 4 is 0 Å². The van der Waals surface area contributed by atoms with Crippen LogP contribution in [-0.2, 0) is 6.42 Å². The summed E-state index contributed by atoms with van der Waals surface area (Å²) in [6.45, 7) is 1.12. The van der Waals surface area contributed by atoms with Gasteiger partial charge in [0.25, 0.3) is 0 Å². The highest BCUT2D eigenvalue weighted by molar-refractivity contribution is 5.52. The van der Waals surface area contributed by atoms with Gasteiger partial charge in [-0.05, 0) is 64.2 Å². The predicted molar refractivity (Wildman–Crippen MR) is 76.8 cm³/mol. The summed E-state index contributed by atoms with van der Waals surface area (Å²) in [5, 5.41) is 8.51. The zero-order valence-electron chi connectivity index (χ0n) is 11.6. The first-order valence-electron chi connectivity index (χ1n) is 6.64. The Kier molecular flexibility index (Phi) is 4.98. The molecular formula is C15H20N4. The van der Waals surface area contributed by atoms with Crippen LogP contribution in [0.1, 0.15) is 18.5 Å². The second kappa shape index (κ2) is 6.95. The maximum atomic E-state index is 4.27. The second-order valence-corrected chi connectivity index (χ2v) is 4.89. The van der Waals surface area contributed by atoms with Crippen LogP contribution in [0.4, 0.5) is 0 Å². The molecule has 0 aliphatic carbocycles. The van der Waals surface area contributed by atoms with Gasteiger partial charge in [0, 0.05) is 6.20 Å². The van der Waals surface area contributed by atoms with Gasteiger partial charge in [-0.15, -0.1) is 5.10 Å². The maximum Gasteiger partial charge on any atom is 0.111 e. The zero-order valence-corrected chi connectivity index (χ0v) is 11.6. The maximum absolute atomic E-state index is 4.27. The summed E-state index contributed by atoms with van der Waals surface area (Å²) in [5.41, 5.74) is 2.75. The van der Waals surface area contributed by atoms with E-state index in [0.29, 0.717) is 0 Å². The molecule has 0 saturated carbocycles. The number of pyridine rings is 1. The fourth-order valence-electron chi connectivity index (χ4n) is 1.88. The van der Waals surface area contributed by atoms with Crippen molar-refractivity contribution in [1.29, 1.82) is 0 Å². The van der Waals surface area contributed by atoms with Crippen LogP contribution in [-0.4, -0.2) is 40.7 Å². The molecule has 0 radical (unpaired) electrons. The Bertz CT molecular complexity index is 479. The number of nitrogens with zero attached hydrogens (tertiary/aromatic N) is 4. The van der Waals surface area contributed by atoms with Crippen molar-refractivity contribution in [3.05, 3.63) is 42.2 Å². The van der Waals surface area contributed by atoms with E-state index in [1.807, 2.05) is 30.3 Å². The van der Waals surface area contributed by atoms with Crippen LogP contribution in [0, 0.1) is 0 Å². The molecule has 0 amide bonds. The van der Waals surface area contributed by atoms with E-state index in [0.717, 1.165) is 36.5 Å². The average molecular weight is 256 g/mol. The Morgan fingerprint density at radius 2 is 1.84 bits per heavy atom. The Morgan fingerprint density at radius 3 is 2.47 bits per heavy atom. The highest BCUT2D eigenvalue weighted by Crippen LogP contribution is 2.12. The molecule has 19 heavy (non-hydrogen) atoms. The van der Waals surface area contributed by atoms with Crippen molar-refractivity contribution < 1.29 is 0 Å². The monoisotopic (exact) mass is 256 g/mol. The van der Waals surface area contributed by atoms with E-state index in [9.17, 15) is 0 Å². The number of rotatable bonds is 6. The number of aryl methyl sites for hydroxylation is 1. The standard InChI is InChI=1S/C15H20N4/c1-19(2)12-6-4-7-13-9-10-15(18-17-13)14-8-3-5-11-16-14/h3,5,8-11H,4,6-7,12H2,1-2H3. The van der Waals surface area contributed by atoms with E-state index in [1.54, 1.807) is 6.20 Å². The molecule has 0 saturated heterocycles. The van der Waals surface area contributed by atoms with Gasteiger partial charge in [-0.2, -0.15) is 5.10 Å². The summed E-state index contributed by atoms with van der Waals surface area (Å²) in [7, 11) is 4.20. The van der Waals surface area contributed by atoms with Gasteiger partial charge in [-0.25, -0.2) is 0 Å². The van der Waals surface area contributed by atoms with Crippen molar-refractivity contribution in [3.63, 3.8) is 0 Å². The molecule has 0 aliphatic heterocycles. The van der Waals surface area contributed by atoms with E-state index in [1.165, 1.54) is 6.42 Å². The molecule has 0 aromatic carbocycles. The van der Waals surface area contributed by atoms with Crippen LogP contribution in [0.5, 0.6) is 0 Å². The summed E-state index contributed by atoms with van der Waals surface area (Å²) in [5.74, 6) is 0. The lowest BCUT2D eigenvalue weighted by Gasteiger charge is -2.08. The largest absolute Gasteiger partial charge is 0.309 e. The lowest BCUT2D eigenvalue weighted by atomic mass is 10.1. The minimum Gasteiger partial charge on any atom is -0.309 e. The van der Waals surface area contributed by atoms with Crippen molar-refractivity contribution in [2.24, 2.45) is 0 Å². The van der Waals surface area contributed by atoms with E-state index >= 15 is 0 Å². The fraction of sp³-hybridized carbons (Fsp3) is 0.400. The minimum absolute atomic E-state index is 0.831. The van der Waals surface area contributed by atoms with E-state index in [2.05, 4.69) is 34.2 Å². The topological polar surface area (TPSA) is 41.9 Å². The molecule has 0 N–H and O–H groups in total. The third kappa shape index (κ3) is 4.41. The molecule has 0 bridgehead atoms. The quantitative estimate of drug-likeness (QED) is 0.744. The van der Waals surface area contributed by atoms with Crippen LogP contribution < -0.4 is 0 Å². The fourth-order valence-corrected chi connectivity index (χ4v) is 1.88. The first kappa shape index (κ1) is 13.6. The van der Waals surface area contributed by atoms with Crippen LogP contribution in [0.15, 0.2) is 36.5 Å². The van der Waals surface area contributed by atoms with E-state index < -0.39 is 0 Å². The molecule has 0 unspecified atom stereocenters. The lowest BCUT2D eigenvalue weighted by molar-refractivity contribution is 0.394. The third-order valence-corrected chi connectivity index (χ3v) is 2.94. The number of hydrogen-bond donors (Lipinski definition) is 0. The van der Waals surface area contributed by atoms with Gasteiger partial charge in [0.15, 0.2) is 0 Å². The highest BCUT2D eigenvalue weighted by atomic mass is 15.1. The van der Waals surface area contributed by atoms with Crippen LogP contribution in [0.25, 0.3) is 11.4 Å². The van der Waals surface area contributed by atoms with Gasteiger partial charge in [0.1, 0.15) is 5.69 Å². The van der Waals surface area contributed by atoms with Crippen LogP contribution >= 0.6 is 0 Å². The van der Waals surface area contributed by atoms with Crippen molar-refractivity contribution in [1.82, 2.24) is 20.1 Å². The summed E-state index contributed by atoms with van der Waals surface area (Å²) < 4.78 is 0. The lowest BCUT2D eigenvalue weighted by Crippen LogP contribution is -2.13. The number of aromatic nitrogens is 3. The van der Waals surface area contributed by atoms with Crippen LogP contribution in [0.2, 0.25) is 0 Å². The molecular weight excluding hydrogens is 236 g/mol. The Balaban J connectivity index is 1.88. The summed E-state index contributed by atoms with van der Waals surface area (Å²) in [6.07, 6.45) is 5.10. The average Bonchev–Trinajstić information content (AvgIpc) is 2.45. The molecule has 100 valence electrons. The first-order chi connectivity index (χ1) is 9.25. The van der Waals surface area contributed by atoms with Gasteiger partial charge < -0.3 is 4.90 Å². The SMILES string of the molecule is CN(C)CCCCc1ccc(-c2ccccn2)nn1. The number of unbranched alkanes of at least 4 members (excludes halogenated alkanes) is 1. The molecule has 2 rings (SSSR count). The molecule has 2 aromatic heterocycles. The van der Waals surface area contributed by atoms with Gasteiger partial charge >= 0.3 is 0 Å². The molecule has 2 heterocycles. The first-order valence-corrected chi connectivity index (χ1v) is 6.64. The number of hydrogen-bond acceptors (Lipinski definition) is 4. The Hall–Kier alpha value is -1.81. The minimum atomic E-state index is 0.831. The van der Waals surface area contributed by atoms with Gasteiger partial charge in [-0.3, -0.25) is 4.98 Å². The molecule has 0 fully saturated rings. The molecule has 0 aliphatic rings. The molecule has 4 nitrogen and oxygen atoms in total. The molecule has 2 aromatic rings. The van der Waals surface area contributed by atoms with Gasteiger partial charge in [0.05, 0.1) is 11.4 Å². The van der Waals surface area contributed by atoms with Crippen molar-refractivity contribution in [2.75, 3.05) is 20.6 Å². The van der Waals surface area contributed by atoms with Crippen molar-refractivity contribution in [3.8, 4) is 11.4 Å². The normalized spacial score (nSPS) is 10.9. The predicted octanol–water partition coefficient (Wildman–Crippen LogP) is 2.42. The molecule has 0 atom stereocenters. The van der Waals surface area contributed by atoms with Crippen molar-refractivity contribution in [2.45, 2.75) is 19.3 Å². The van der Waals surface area contributed by atoms with Crippen LogP contribution in [0.3, 0.4) is 0 Å². The van der Waals surface area contributed by atoms with E-state index in [4.69, 9.17) is 0 Å². The second-order valence-electron chi connectivity index (χ2n) is 4.89. The summed E-state index contributed by atoms with van der Waals surface area (Å²) in [6, 6.07) is 9.85. The van der Waals surface area contributed by atoms with Gasteiger partial charge in [0.2, 0.25) is 0 Å². The summed E-state index contributed by atoms with van der Waals surface area (Å²) >= 11 is 0. The summed E-state index contributed by atoms with van der Waals surface area (Å²) in [4.78, 5) is 6.47. The Morgan fingerprint density at radius 1 is 0.947 bits per heavy atom. The highest BCUT2D eigenvalue weighted by Gasteiger charge is 2.02. The Labute approximate surface area is 114 Å².